The van der Waals surface area contributed by atoms with Gasteiger partial charge in [0.25, 0.3) is 0 Å². The Hall–Kier alpha value is -2.59. The molecule has 0 aromatic heterocycles. The Morgan fingerprint density at radius 1 is 1.09 bits per heavy atom. The average Bonchev–Trinajstić information content (AvgIpc) is 3.38. The first-order valence-corrected chi connectivity index (χ1v) is 13.4. The summed E-state index contributed by atoms with van der Waals surface area (Å²) < 4.78 is 13.0. The molecular weight excluding hydrogens is 434 g/mol. The number of nitrogens with one attached hydrogen (secondary N) is 1. The molecule has 2 bridgehead atoms. The predicted octanol–water partition coefficient (Wildman–Crippen LogP) is 6.81. The number of allylic oxidation sites excluding steroid dienone is 1. The van der Waals surface area contributed by atoms with E-state index in [1.165, 1.54) is 40.3 Å². The fourth-order valence-corrected chi connectivity index (χ4v) is 8.65. The maximum Gasteiger partial charge on any atom is 0.407 e. The Labute approximate surface area is 207 Å². The minimum Gasteiger partial charge on any atom is -0.446 e. The van der Waals surface area contributed by atoms with E-state index in [-0.39, 0.29) is 28.8 Å². The van der Waals surface area contributed by atoms with Gasteiger partial charge in [0.1, 0.15) is 6.10 Å². The first kappa shape index (κ1) is 21.7. The smallest absolute Gasteiger partial charge is 0.407 e. The van der Waals surface area contributed by atoms with Crippen molar-refractivity contribution >= 4 is 16.9 Å². The molecule has 2 aliphatic heterocycles. The highest BCUT2D eigenvalue weighted by Crippen LogP contribution is 2.69. The molecule has 3 aliphatic carbocycles. The van der Waals surface area contributed by atoms with Gasteiger partial charge in [0.15, 0.2) is 0 Å². The molecular formula is C31H35NO3. The molecule has 5 aliphatic rings. The molecule has 7 rings (SSSR count). The first-order chi connectivity index (χ1) is 17.0. The van der Waals surface area contributed by atoms with Gasteiger partial charge in [-0.25, -0.2) is 4.79 Å². The fourth-order valence-electron chi connectivity index (χ4n) is 8.65. The zero-order valence-corrected chi connectivity index (χ0v) is 20.8. The lowest BCUT2D eigenvalue weighted by Gasteiger charge is -2.54. The summed E-state index contributed by atoms with van der Waals surface area (Å²) in [5.74, 6) is 1.06. The van der Waals surface area contributed by atoms with Gasteiger partial charge in [-0.05, 0) is 89.7 Å². The summed E-state index contributed by atoms with van der Waals surface area (Å²) in [6.07, 6.45) is 12.9. The number of ether oxygens (including phenoxy) is 2. The quantitative estimate of drug-likeness (QED) is 0.526. The molecule has 6 atom stereocenters. The lowest BCUT2D eigenvalue weighted by molar-refractivity contribution is -0.144. The van der Waals surface area contributed by atoms with Gasteiger partial charge in [0.2, 0.25) is 0 Å². The van der Waals surface area contributed by atoms with Crippen LogP contribution in [0, 0.1) is 11.3 Å². The minimum atomic E-state index is -0.331. The van der Waals surface area contributed by atoms with E-state index in [1.807, 2.05) is 0 Å². The Morgan fingerprint density at radius 2 is 1.94 bits per heavy atom. The highest BCUT2D eigenvalue weighted by molar-refractivity contribution is 5.83. The molecule has 4 nitrogen and oxygen atoms in total. The van der Waals surface area contributed by atoms with Crippen LogP contribution in [0.25, 0.3) is 10.8 Å². The van der Waals surface area contributed by atoms with E-state index in [9.17, 15) is 4.79 Å². The van der Waals surface area contributed by atoms with Crippen molar-refractivity contribution in [1.82, 2.24) is 5.32 Å². The number of rotatable bonds is 2. The predicted molar refractivity (Wildman–Crippen MR) is 137 cm³/mol. The van der Waals surface area contributed by atoms with Crippen molar-refractivity contribution in [2.75, 3.05) is 7.05 Å². The van der Waals surface area contributed by atoms with Gasteiger partial charge in [-0.2, -0.15) is 0 Å². The van der Waals surface area contributed by atoms with Crippen LogP contribution < -0.4 is 5.32 Å². The third kappa shape index (κ3) is 2.98. The molecule has 0 unspecified atom stereocenters. The molecule has 1 amide bonds. The number of benzene rings is 2. The molecule has 182 valence electrons. The number of carbonyl (C=O) groups is 1. The number of hydrogen-bond donors (Lipinski definition) is 1. The summed E-state index contributed by atoms with van der Waals surface area (Å²) in [6.45, 7) is 2.53. The molecule has 1 N–H and O–H groups in total. The maximum absolute atomic E-state index is 11.9. The molecule has 2 aromatic carbocycles. The third-order valence-corrected chi connectivity index (χ3v) is 10.3. The Balaban J connectivity index is 1.23. The molecule has 2 saturated carbocycles. The van der Waals surface area contributed by atoms with E-state index in [4.69, 9.17) is 9.47 Å². The summed E-state index contributed by atoms with van der Waals surface area (Å²) in [4.78, 5) is 11.9. The van der Waals surface area contributed by atoms with Crippen molar-refractivity contribution in [2.24, 2.45) is 11.3 Å². The zero-order valence-electron chi connectivity index (χ0n) is 20.8. The normalized spacial score (nSPS) is 39.2. The Bertz CT molecular complexity index is 1280. The molecule has 1 saturated heterocycles. The van der Waals surface area contributed by atoms with Crippen LogP contribution in [0.1, 0.15) is 69.8 Å². The van der Waals surface area contributed by atoms with Crippen molar-refractivity contribution in [3.63, 3.8) is 0 Å². The van der Waals surface area contributed by atoms with Crippen LogP contribution in [0.2, 0.25) is 0 Å². The summed E-state index contributed by atoms with van der Waals surface area (Å²) in [5.41, 5.74) is 4.10. The van der Waals surface area contributed by atoms with Crippen LogP contribution in [-0.2, 0) is 9.47 Å². The minimum absolute atomic E-state index is 0.0725. The van der Waals surface area contributed by atoms with E-state index in [2.05, 4.69) is 66.9 Å². The first-order valence-electron chi connectivity index (χ1n) is 13.4. The lowest BCUT2D eigenvalue weighted by Crippen LogP contribution is -2.54. The maximum atomic E-state index is 11.9. The summed E-state index contributed by atoms with van der Waals surface area (Å²) >= 11 is 0. The average molecular weight is 470 g/mol. The topological polar surface area (TPSA) is 47.6 Å². The monoisotopic (exact) mass is 469 g/mol. The molecule has 0 radical (unpaired) electrons. The van der Waals surface area contributed by atoms with Crippen molar-refractivity contribution in [2.45, 2.75) is 81.5 Å². The molecule has 3 fully saturated rings. The summed E-state index contributed by atoms with van der Waals surface area (Å²) in [5, 5.41) is 5.27. The highest BCUT2D eigenvalue weighted by Gasteiger charge is 2.66. The van der Waals surface area contributed by atoms with E-state index in [0.29, 0.717) is 11.8 Å². The summed E-state index contributed by atoms with van der Waals surface area (Å²) in [7, 11) is 1.63. The van der Waals surface area contributed by atoms with Crippen LogP contribution in [0.15, 0.2) is 65.8 Å². The van der Waals surface area contributed by atoms with Crippen LogP contribution in [-0.4, -0.2) is 30.4 Å². The lowest BCUT2D eigenvalue weighted by atomic mass is 9.58. The number of amides is 1. The van der Waals surface area contributed by atoms with Crippen molar-refractivity contribution in [3.8, 4) is 0 Å². The molecule has 2 heterocycles. The molecule has 35 heavy (non-hydrogen) atoms. The summed E-state index contributed by atoms with van der Waals surface area (Å²) in [6, 6.07) is 15.8. The van der Waals surface area contributed by atoms with Gasteiger partial charge < -0.3 is 14.8 Å². The van der Waals surface area contributed by atoms with Crippen LogP contribution in [0.5, 0.6) is 0 Å². The zero-order chi connectivity index (χ0) is 23.8. The van der Waals surface area contributed by atoms with Gasteiger partial charge in [0, 0.05) is 13.5 Å². The van der Waals surface area contributed by atoms with Crippen molar-refractivity contribution in [3.05, 3.63) is 71.3 Å². The largest absolute Gasteiger partial charge is 0.446 e. The second-order valence-corrected chi connectivity index (χ2v) is 11.8. The van der Waals surface area contributed by atoms with Gasteiger partial charge in [0.05, 0.1) is 11.2 Å². The van der Waals surface area contributed by atoms with Crippen molar-refractivity contribution in [1.29, 1.82) is 0 Å². The number of alkyl carbamates (subject to hydrolysis) is 1. The highest BCUT2D eigenvalue weighted by atomic mass is 16.6. The number of fused-ring (bicyclic) bond motifs is 2. The van der Waals surface area contributed by atoms with E-state index >= 15 is 0 Å². The molecule has 4 heteroatoms. The van der Waals surface area contributed by atoms with Crippen LogP contribution in [0.3, 0.4) is 0 Å². The van der Waals surface area contributed by atoms with E-state index < -0.39 is 0 Å². The second-order valence-electron chi connectivity index (χ2n) is 11.8. The van der Waals surface area contributed by atoms with Crippen LogP contribution >= 0.6 is 0 Å². The molecule has 2 aromatic rings. The van der Waals surface area contributed by atoms with Gasteiger partial charge in [-0.15, -0.1) is 0 Å². The second kappa shape index (κ2) is 7.46. The van der Waals surface area contributed by atoms with Gasteiger partial charge in [-0.1, -0.05) is 61.5 Å². The van der Waals surface area contributed by atoms with Gasteiger partial charge in [-0.3, -0.25) is 0 Å². The van der Waals surface area contributed by atoms with E-state index in [0.717, 1.165) is 38.5 Å². The molecule has 2 spiro atoms. The standard InChI is InChI=1S/C31H35NO3/c1-29-14-13-24-18-23-9-10-25(34-28(33)32-2)19-30(23)15-16-31(24,35-30)27(29)12-11-26(29)22-8-7-20-5-3-4-6-21(20)17-22/h3-8,13,17-18,25-27H,9-12,14-16,19H2,1-2H3,(H,32,33)/t25-,26-,27-,29-,30-,31-/m1/s1. The number of carbonyl (C=O) groups excluding carboxylic acids is 1. The van der Waals surface area contributed by atoms with Crippen LogP contribution in [0.4, 0.5) is 4.79 Å². The number of hydrogen-bond acceptors (Lipinski definition) is 3. The SMILES string of the molecule is CNC(=O)O[C@@H]1CCC2=CC3=CC[C@]4(C)[C@@H](c5ccc6ccccc6c5)CC[C@H]4[C@@]34CC[C@]2(C1)O4. The fraction of sp³-hybridized carbons (Fsp3) is 0.516. The van der Waals surface area contributed by atoms with Crippen molar-refractivity contribution < 1.29 is 14.3 Å². The van der Waals surface area contributed by atoms with Gasteiger partial charge >= 0.3 is 6.09 Å². The Kier molecular flexibility index (Phi) is 4.62. The Morgan fingerprint density at radius 3 is 2.80 bits per heavy atom. The third-order valence-electron chi connectivity index (χ3n) is 10.3. The van der Waals surface area contributed by atoms with E-state index in [1.54, 1.807) is 7.05 Å².